The lowest BCUT2D eigenvalue weighted by atomic mass is 9.86. The third-order valence-electron chi connectivity index (χ3n) is 5.85. The van der Waals surface area contributed by atoms with Crippen LogP contribution in [0.3, 0.4) is 0 Å². The van der Waals surface area contributed by atoms with Gasteiger partial charge in [0, 0.05) is 34.1 Å². The average Bonchev–Trinajstić information content (AvgIpc) is 3.38. The van der Waals surface area contributed by atoms with Crippen LogP contribution < -0.4 is 5.32 Å². The number of hydrogen-bond acceptors (Lipinski definition) is 5. The average molecular weight is 530 g/mol. The van der Waals surface area contributed by atoms with Gasteiger partial charge in [-0.05, 0) is 55.3 Å². The van der Waals surface area contributed by atoms with Gasteiger partial charge in [0.2, 0.25) is 0 Å². The fourth-order valence-electron chi connectivity index (χ4n) is 4.00. The second-order valence-electron chi connectivity index (χ2n) is 8.17. The van der Waals surface area contributed by atoms with Gasteiger partial charge in [0.15, 0.2) is 0 Å². The van der Waals surface area contributed by atoms with Crippen LogP contribution in [0.4, 0.5) is 13.2 Å². The highest BCUT2D eigenvalue weighted by Crippen LogP contribution is 2.49. The molecule has 12 heteroatoms. The summed E-state index contributed by atoms with van der Waals surface area (Å²) < 4.78 is 42.6. The number of carbonyl (C=O) groups is 2. The minimum absolute atomic E-state index is 0.0245. The van der Waals surface area contributed by atoms with Crippen LogP contribution in [0.25, 0.3) is 0 Å². The van der Waals surface area contributed by atoms with Crippen molar-refractivity contribution < 1.29 is 32.4 Å². The number of carbonyl (C=O) groups excluding carboxylic acids is 2. The molecule has 2 aliphatic rings. The van der Waals surface area contributed by atoms with Gasteiger partial charge in [-0.2, -0.15) is 13.2 Å². The van der Waals surface area contributed by atoms with Crippen molar-refractivity contribution in [1.29, 1.82) is 0 Å². The van der Waals surface area contributed by atoms with Crippen LogP contribution in [0.2, 0.25) is 10.0 Å². The van der Waals surface area contributed by atoms with Crippen LogP contribution in [0, 0.1) is 6.92 Å². The molecule has 0 bridgehead atoms. The second-order valence-corrected chi connectivity index (χ2v) is 9.05. The first kappa shape index (κ1) is 25.3. The van der Waals surface area contributed by atoms with Crippen molar-refractivity contribution in [2.24, 2.45) is 5.16 Å². The third-order valence-corrected chi connectivity index (χ3v) is 6.29. The molecule has 2 heterocycles. The largest absolute Gasteiger partial charge is 0.435 e. The standard InChI is InChI=1S/C23H20Cl2F3N3O4/c1-3-31-21(33)19(11-34-31)29-20(32)17-5-4-13(6-12(17)2)18-10-22(35-30-18,23(26,27)28)14-7-15(24)9-16(25)8-14/h4-9,19H,3,10-11H2,1-2H3,(H,29,32)/t19?,22-/m0/s1. The lowest BCUT2D eigenvalue weighted by molar-refractivity contribution is -0.275. The summed E-state index contributed by atoms with van der Waals surface area (Å²) in [5, 5.41) is 7.59. The molecule has 35 heavy (non-hydrogen) atoms. The number of likely N-dealkylation sites (N-methyl/N-ethyl adjacent to an activating group) is 1. The number of nitrogens with zero attached hydrogens (tertiary/aromatic N) is 2. The fraction of sp³-hybridized carbons (Fsp3) is 0.348. The number of hydroxylamine groups is 2. The Morgan fingerprint density at radius 2 is 1.91 bits per heavy atom. The number of hydrogen-bond donors (Lipinski definition) is 1. The number of nitrogens with one attached hydrogen (secondary N) is 1. The van der Waals surface area contributed by atoms with Gasteiger partial charge in [0.1, 0.15) is 12.6 Å². The van der Waals surface area contributed by atoms with E-state index in [2.05, 4.69) is 10.5 Å². The molecule has 7 nitrogen and oxygen atoms in total. The maximum absolute atomic E-state index is 14.2. The van der Waals surface area contributed by atoms with Crippen molar-refractivity contribution in [3.63, 3.8) is 0 Å². The molecule has 1 N–H and O–H groups in total. The smallest absolute Gasteiger partial charge is 0.374 e. The molecule has 1 fully saturated rings. The molecular formula is C23H20Cl2F3N3O4. The summed E-state index contributed by atoms with van der Waals surface area (Å²) in [4.78, 5) is 35.1. The van der Waals surface area contributed by atoms with Gasteiger partial charge in [-0.25, -0.2) is 5.06 Å². The first-order valence-electron chi connectivity index (χ1n) is 10.6. The first-order chi connectivity index (χ1) is 16.4. The van der Waals surface area contributed by atoms with Crippen molar-refractivity contribution in [1.82, 2.24) is 10.4 Å². The van der Waals surface area contributed by atoms with Crippen LogP contribution in [0.1, 0.15) is 40.4 Å². The minimum atomic E-state index is -4.82. The lowest BCUT2D eigenvalue weighted by Gasteiger charge is -2.29. The number of halogens is 5. The zero-order valence-electron chi connectivity index (χ0n) is 18.6. The van der Waals surface area contributed by atoms with Crippen LogP contribution in [0.5, 0.6) is 0 Å². The number of rotatable bonds is 5. The molecule has 2 aromatic rings. The molecule has 2 aromatic carbocycles. The van der Waals surface area contributed by atoms with E-state index in [0.717, 1.165) is 12.1 Å². The van der Waals surface area contributed by atoms with Crippen LogP contribution in [0.15, 0.2) is 41.6 Å². The highest BCUT2D eigenvalue weighted by molar-refractivity contribution is 6.34. The van der Waals surface area contributed by atoms with E-state index in [0.29, 0.717) is 17.7 Å². The van der Waals surface area contributed by atoms with Crippen LogP contribution >= 0.6 is 23.2 Å². The zero-order chi connectivity index (χ0) is 25.5. The Hall–Kier alpha value is -2.82. The molecule has 4 rings (SSSR count). The summed E-state index contributed by atoms with van der Waals surface area (Å²) in [5.74, 6) is -0.853. The van der Waals surface area contributed by atoms with Crippen molar-refractivity contribution in [3.8, 4) is 0 Å². The monoisotopic (exact) mass is 529 g/mol. The molecule has 0 spiro atoms. The van der Waals surface area contributed by atoms with E-state index in [-0.39, 0.29) is 39.4 Å². The summed E-state index contributed by atoms with van der Waals surface area (Å²) >= 11 is 11.9. The third kappa shape index (κ3) is 4.70. The maximum Gasteiger partial charge on any atom is 0.435 e. The molecule has 1 unspecified atom stereocenters. The van der Waals surface area contributed by atoms with Gasteiger partial charge in [0.05, 0.1) is 5.71 Å². The maximum atomic E-state index is 14.2. The predicted molar refractivity (Wildman–Crippen MR) is 122 cm³/mol. The molecule has 2 atom stereocenters. The molecule has 1 saturated heterocycles. The summed E-state index contributed by atoms with van der Waals surface area (Å²) in [6.45, 7) is 3.75. The number of aryl methyl sites for hydroxylation is 1. The van der Waals surface area contributed by atoms with Gasteiger partial charge >= 0.3 is 6.18 Å². The van der Waals surface area contributed by atoms with Gasteiger partial charge < -0.3 is 10.2 Å². The lowest BCUT2D eigenvalue weighted by Crippen LogP contribution is -2.43. The van der Waals surface area contributed by atoms with E-state index in [4.69, 9.17) is 32.9 Å². The van der Waals surface area contributed by atoms with Gasteiger partial charge in [-0.1, -0.05) is 34.4 Å². The van der Waals surface area contributed by atoms with Crippen molar-refractivity contribution in [2.45, 2.75) is 38.1 Å². The quantitative estimate of drug-likeness (QED) is 0.604. The van der Waals surface area contributed by atoms with Crippen molar-refractivity contribution in [2.75, 3.05) is 13.2 Å². The molecule has 0 aliphatic carbocycles. The van der Waals surface area contributed by atoms with Crippen molar-refractivity contribution >= 4 is 40.7 Å². The molecule has 0 aromatic heterocycles. The second kappa shape index (κ2) is 9.33. The molecule has 0 saturated carbocycles. The van der Waals surface area contributed by atoms with E-state index in [9.17, 15) is 22.8 Å². The molecule has 2 amide bonds. The Bertz CT molecular complexity index is 1200. The fourth-order valence-corrected chi connectivity index (χ4v) is 4.53. The van der Waals surface area contributed by atoms with E-state index >= 15 is 0 Å². The Balaban J connectivity index is 1.56. The Morgan fingerprint density at radius 3 is 2.49 bits per heavy atom. The summed E-state index contributed by atoms with van der Waals surface area (Å²) in [7, 11) is 0. The zero-order valence-corrected chi connectivity index (χ0v) is 20.1. The molecule has 186 valence electrons. The Morgan fingerprint density at radius 1 is 1.23 bits per heavy atom. The minimum Gasteiger partial charge on any atom is -0.374 e. The highest BCUT2D eigenvalue weighted by Gasteiger charge is 2.62. The Labute approximate surface area is 208 Å². The van der Waals surface area contributed by atoms with E-state index < -0.39 is 30.1 Å². The van der Waals surface area contributed by atoms with Gasteiger partial charge in [-0.15, -0.1) is 0 Å². The van der Waals surface area contributed by atoms with Crippen LogP contribution in [-0.2, 0) is 20.1 Å². The normalized spacial score (nSPS) is 22.3. The number of alkyl halides is 3. The topological polar surface area (TPSA) is 80.2 Å². The summed E-state index contributed by atoms with van der Waals surface area (Å²) in [6.07, 6.45) is -5.43. The van der Waals surface area contributed by atoms with E-state index in [1.807, 2.05) is 0 Å². The van der Waals surface area contributed by atoms with Crippen LogP contribution in [-0.4, -0.2) is 48.0 Å². The first-order valence-corrected chi connectivity index (χ1v) is 11.4. The van der Waals surface area contributed by atoms with Gasteiger partial charge in [-0.3, -0.25) is 14.4 Å². The number of amides is 2. The van der Waals surface area contributed by atoms with Gasteiger partial charge in [0.25, 0.3) is 17.4 Å². The highest BCUT2D eigenvalue weighted by atomic mass is 35.5. The number of oxime groups is 1. The molecular weight excluding hydrogens is 510 g/mol. The molecule has 2 aliphatic heterocycles. The SMILES string of the molecule is CCN1OCC(NC(=O)c2ccc(C3=NO[C@@](c4cc(Cl)cc(Cl)c4)(C(F)(F)F)C3)cc2C)C1=O. The van der Waals surface area contributed by atoms with E-state index in [1.54, 1.807) is 19.9 Å². The van der Waals surface area contributed by atoms with E-state index in [1.165, 1.54) is 23.3 Å². The Kier molecular flexibility index (Phi) is 6.74. The summed E-state index contributed by atoms with van der Waals surface area (Å²) in [5.41, 5.74) is -1.87. The van der Waals surface area contributed by atoms with Crippen molar-refractivity contribution in [3.05, 3.63) is 68.7 Å². The summed E-state index contributed by atoms with van der Waals surface area (Å²) in [6, 6.07) is 7.28. The number of benzene rings is 2. The predicted octanol–water partition coefficient (Wildman–Crippen LogP) is 4.78. The molecule has 0 radical (unpaired) electrons.